The van der Waals surface area contributed by atoms with Gasteiger partial charge in [0.2, 0.25) is 0 Å². The minimum absolute atomic E-state index is 0.106. The quantitative estimate of drug-likeness (QED) is 0.729. The standard InChI is InChI=1S/C12H16O5/c1-12(2)15-7-10(17-12)9-6-8(4-3-5-13)11(14)16-9/h3-4,6,9-10,13H,5,7H2,1-2H3/b4-3+/t9-,10+/m0/s1. The van der Waals surface area contributed by atoms with Gasteiger partial charge in [0.05, 0.1) is 18.8 Å². The van der Waals surface area contributed by atoms with Crippen molar-refractivity contribution in [2.45, 2.75) is 31.8 Å². The van der Waals surface area contributed by atoms with Gasteiger partial charge in [0.1, 0.15) is 12.2 Å². The molecule has 1 fully saturated rings. The second-order valence-electron chi connectivity index (χ2n) is 4.44. The first-order chi connectivity index (χ1) is 8.02. The lowest BCUT2D eigenvalue weighted by atomic mass is 10.1. The monoisotopic (exact) mass is 240 g/mol. The van der Waals surface area contributed by atoms with Gasteiger partial charge in [-0.25, -0.2) is 4.79 Å². The maximum Gasteiger partial charge on any atom is 0.338 e. The number of aliphatic hydroxyl groups excluding tert-OH is 1. The summed E-state index contributed by atoms with van der Waals surface area (Å²) >= 11 is 0. The molecule has 0 aromatic rings. The summed E-state index contributed by atoms with van der Waals surface area (Å²) in [5.74, 6) is -1.03. The molecule has 0 aliphatic carbocycles. The Bertz CT molecular complexity index is 369. The number of rotatable bonds is 3. The molecule has 2 rings (SSSR count). The van der Waals surface area contributed by atoms with E-state index in [0.717, 1.165) is 0 Å². The van der Waals surface area contributed by atoms with Gasteiger partial charge in [-0.2, -0.15) is 0 Å². The molecule has 2 atom stereocenters. The summed E-state index contributed by atoms with van der Waals surface area (Å²) in [4.78, 5) is 11.5. The third-order valence-electron chi connectivity index (χ3n) is 2.62. The van der Waals surface area contributed by atoms with Crippen LogP contribution in [0.1, 0.15) is 13.8 Å². The van der Waals surface area contributed by atoms with Gasteiger partial charge < -0.3 is 19.3 Å². The van der Waals surface area contributed by atoms with Crippen molar-refractivity contribution < 1.29 is 24.1 Å². The van der Waals surface area contributed by atoms with E-state index in [9.17, 15) is 4.79 Å². The Balaban J connectivity index is 2.03. The minimum atomic E-state index is -0.630. The molecule has 5 heteroatoms. The molecule has 2 heterocycles. The van der Waals surface area contributed by atoms with Crippen molar-refractivity contribution in [3.63, 3.8) is 0 Å². The number of esters is 1. The van der Waals surface area contributed by atoms with Crippen LogP contribution < -0.4 is 0 Å². The van der Waals surface area contributed by atoms with Gasteiger partial charge in [0, 0.05) is 0 Å². The normalized spacial score (nSPS) is 31.9. The Labute approximate surface area is 99.7 Å². The van der Waals surface area contributed by atoms with Crippen LogP contribution in [-0.4, -0.2) is 42.3 Å². The molecule has 0 spiro atoms. The van der Waals surface area contributed by atoms with Gasteiger partial charge in [0.25, 0.3) is 0 Å². The summed E-state index contributed by atoms with van der Waals surface area (Å²) in [5, 5.41) is 8.65. The Hall–Kier alpha value is -1.17. The number of ether oxygens (including phenoxy) is 3. The van der Waals surface area contributed by atoms with Crippen LogP contribution in [0.2, 0.25) is 0 Å². The number of aliphatic hydroxyl groups is 1. The number of carbonyl (C=O) groups excluding carboxylic acids is 1. The third-order valence-corrected chi connectivity index (χ3v) is 2.62. The highest BCUT2D eigenvalue weighted by Crippen LogP contribution is 2.29. The smallest absolute Gasteiger partial charge is 0.338 e. The molecule has 0 radical (unpaired) electrons. The van der Waals surface area contributed by atoms with Crippen LogP contribution in [0, 0.1) is 0 Å². The molecule has 17 heavy (non-hydrogen) atoms. The van der Waals surface area contributed by atoms with Crippen molar-refractivity contribution >= 4 is 5.97 Å². The molecule has 2 aliphatic rings. The highest BCUT2D eigenvalue weighted by molar-refractivity contribution is 5.93. The lowest BCUT2D eigenvalue weighted by molar-refractivity contribution is -0.159. The fourth-order valence-corrected chi connectivity index (χ4v) is 1.83. The molecule has 1 N–H and O–H groups in total. The van der Waals surface area contributed by atoms with Crippen molar-refractivity contribution in [1.29, 1.82) is 0 Å². The van der Waals surface area contributed by atoms with Crippen LogP contribution in [0.5, 0.6) is 0 Å². The molecule has 2 aliphatic heterocycles. The first-order valence-electron chi connectivity index (χ1n) is 5.54. The lowest BCUT2D eigenvalue weighted by Crippen LogP contribution is -2.30. The summed E-state index contributed by atoms with van der Waals surface area (Å²) in [6.07, 6.45) is 4.05. The zero-order valence-electron chi connectivity index (χ0n) is 9.88. The predicted octanol–water partition coefficient (Wildman–Crippen LogP) is 0.538. The number of carbonyl (C=O) groups is 1. The van der Waals surface area contributed by atoms with E-state index >= 15 is 0 Å². The first kappa shape index (κ1) is 12.3. The molecule has 0 unspecified atom stereocenters. The van der Waals surface area contributed by atoms with Crippen LogP contribution in [0.15, 0.2) is 23.8 Å². The van der Waals surface area contributed by atoms with Gasteiger partial charge >= 0.3 is 5.97 Å². The Kier molecular flexibility index (Phi) is 3.33. The topological polar surface area (TPSA) is 65.0 Å². The number of cyclic esters (lactones) is 1. The minimum Gasteiger partial charge on any atom is -0.452 e. The van der Waals surface area contributed by atoms with E-state index in [1.54, 1.807) is 12.2 Å². The van der Waals surface area contributed by atoms with Crippen molar-refractivity contribution in [2.75, 3.05) is 13.2 Å². The SMILES string of the molecule is CC1(C)OC[C@H]([C@@H]2C=C(/C=C/CO)C(=O)O2)O1. The molecular formula is C12H16O5. The number of hydrogen-bond donors (Lipinski definition) is 1. The average Bonchev–Trinajstić information content (AvgIpc) is 2.79. The van der Waals surface area contributed by atoms with Crippen LogP contribution in [0.3, 0.4) is 0 Å². The van der Waals surface area contributed by atoms with E-state index in [2.05, 4.69) is 0 Å². The zero-order chi connectivity index (χ0) is 12.5. The maximum atomic E-state index is 11.5. The van der Waals surface area contributed by atoms with Crippen LogP contribution in [-0.2, 0) is 19.0 Å². The van der Waals surface area contributed by atoms with Gasteiger partial charge in [-0.15, -0.1) is 0 Å². The largest absolute Gasteiger partial charge is 0.452 e. The van der Waals surface area contributed by atoms with Gasteiger partial charge in [0.15, 0.2) is 5.79 Å². The first-order valence-corrected chi connectivity index (χ1v) is 5.54. The Morgan fingerprint density at radius 1 is 1.59 bits per heavy atom. The van der Waals surface area contributed by atoms with E-state index in [1.165, 1.54) is 6.08 Å². The molecule has 0 bridgehead atoms. The van der Waals surface area contributed by atoms with Crippen LogP contribution >= 0.6 is 0 Å². The van der Waals surface area contributed by atoms with E-state index in [4.69, 9.17) is 19.3 Å². The summed E-state index contributed by atoms with van der Waals surface area (Å²) in [6.45, 7) is 3.93. The van der Waals surface area contributed by atoms with Crippen LogP contribution in [0.25, 0.3) is 0 Å². The summed E-state index contributed by atoms with van der Waals surface area (Å²) in [6, 6.07) is 0. The summed E-state index contributed by atoms with van der Waals surface area (Å²) < 4.78 is 16.2. The highest BCUT2D eigenvalue weighted by Gasteiger charge is 2.40. The fraction of sp³-hybridized carbons (Fsp3) is 0.583. The summed E-state index contributed by atoms with van der Waals surface area (Å²) in [7, 11) is 0. The van der Waals surface area contributed by atoms with E-state index < -0.39 is 17.9 Å². The lowest BCUT2D eigenvalue weighted by Gasteiger charge is -2.19. The molecule has 94 valence electrons. The predicted molar refractivity (Wildman–Crippen MR) is 59.1 cm³/mol. The number of hydrogen-bond acceptors (Lipinski definition) is 5. The second-order valence-corrected chi connectivity index (χ2v) is 4.44. The molecule has 0 aromatic heterocycles. The average molecular weight is 240 g/mol. The molecule has 5 nitrogen and oxygen atoms in total. The van der Waals surface area contributed by atoms with Gasteiger partial charge in [-0.1, -0.05) is 6.08 Å². The summed E-state index contributed by atoms with van der Waals surface area (Å²) in [5.41, 5.74) is 0.442. The van der Waals surface area contributed by atoms with Crippen molar-refractivity contribution in [1.82, 2.24) is 0 Å². The highest BCUT2D eigenvalue weighted by atomic mass is 16.8. The zero-order valence-corrected chi connectivity index (χ0v) is 9.88. The molecular weight excluding hydrogens is 224 g/mol. The van der Waals surface area contributed by atoms with Crippen LogP contribution in [0.4, 0.5) is 0 Å². The second kappa shape index (κ2) is 4.60. The van der Waals surface area contributed by atoms with E-state index in [1.807, 2.05) is 13.8 Å². The molecule has 0 amide bonds. The van der Waals surface area contributed by atoms with Crippen molar-refractivity contribution in [3.05, 3.63) is 23.8 Å². The van der Waals surface area contributed by atoms with Crippen molar-refractivity contribution in [2.24, 2.45) is 0 Å². The third kappa shape index (κ3) is 2.74. The molecule has 0 saturated carbocycles. The Morgan fingerprint density at radius 3 is 2.94 bits per heavy atom. The molecule has 1 saturated heterocycles. The maximum absolute atomic E-state index is 11.5. The van der Waals surface area contributed by atoms with E-state index in [-0.39, 0.29) is 12.7 Å². The van der Waals surface area contributed by atoms with Gasteiger partial charge in [-0.3, -0.25) is 0 Å². The Morgan fingerprint density at radius 2 is 2.35 bits per heavy atom. The van der Waals surface area contributed by atoms with Gasteiger partial charge in [-0.05, 0) is 26.0 Å². The fourth-order valence-electron chi connectivity index (χ4n) is 1.83. The van der Waals surface area contributed by atoms with Crippen molar-refractivity contribution in [3.8, 4) is 0 Å². The van der Waals surface area contributed by atoms with E-state index in [0.29, 0.717) is 12.2 Å². The molecule has 0 aromatic carbocycles.